The summed E-state index contributed by atoms with van der Waals surface area (Å²) in [4.78, 5) is 15.4. The van der Waals surface area contributed by atoms with Crippen LogP contribution in [-0.4, -0.2) is 9.55 Å². The van der Waals surface area contributed by atoms with E-state index in [9.17, 15) is 18.0 Å². The lowest BCUT2D eigenvalue weighted by Crippen LogP contribution is -2.27. The van der Waals surface area contributed by atoms with Gasteiger partial charge in [0.15, 0.2) is 0 Å². The van der Waals surface area contributed by atoms with Gasteiger partial charge in [-0.1, -0.05) is 29.3 Å². The van der Waals surface area contributed by atoms with Crippen molar-refractivity contribution < 1.29 is 13.2 Å². The first-order valence-corrected chi connectivity index (χ1v) is 6.11. The number of pyridine rings is 2. The first-order valence-electron chi connectivity index (χ1n) is 5.36. The second-order valence-electron chi connectivity index (χ2n) is 3.93. The first-order chi connectivity index (χ1) is 9.29. The number of halogens is 5. The Morgan fingerprint density at radius 1 is 1.25 bits per heavy atom. The summed E-state index contributed by atoms with van der Waals surface area (Å²) >= 11 is 11.5. The molecule has 0 spiro atoms. The number of hydrogen-bond donors (Lipinski definition) is 0. The highest BCUT2D eigenvalue weighted by Crippen LogP contribution is 2.29. The lowest BCUT2D eigenvalue weighted by Gasteiger charge is -2.15. The van der Waals surface area contributed by atoms with E-state index in [2.05, 4.69) is 4.98 Å². The maximum Gasteiger partial charge on any atom is 0.431 e. The molecule has 2 rings (SSSR count). The van der Waals surface area contributed by atoms with Gasteiger partial charge in [-0.25, -0.2) is 4.98 Å². The highest BCUT2D eigenvalue weighted by Gasteiger charge is 2.34. The molecule has 0 bridgehead atoms. The largest absolute Gasteiger partial charge is 0.431 e. The fourth-order valence-electron chi connectivity index (χ4n) is 1.65. The van der Waals surface area contributed by atoms with Crippen molar-refractivity contribution in [2.24, 2.45) is 0 Å². The average molecular weight is 323 g/mol. The predicted molar refractivity (Wildman–Crippen MR) is 69.1 cm³/mol. The Morgan fingerprint density at radius 2 is 1.95 bits per heavy atom. The van der Waals surface area contributed by atoms with E-state index in [1.807, 2.05) is 0 Å². The van der Waals surface area contributed by atoms with Crippen molar-refractivity contribution in [1.29, 1.82) is 0 Å². The SMILES string of the molecule is O=c1cccc(C(F)(F)F)n1Cc1cnc(Cl)cc1Cl. The van der Waals surface area contributed by atoms with Gasteiger partial charge in [-0.05, 0) is 12.1 Å². The van der Waals surface area contributed by atoms with Crippen LogP contribution < -0.4 is 5.56 Å². The van der Waals surface area contributed by atoms with E-state index < -0.39 is 17.4 Å². The maximum absolute atomic E-state index is 12.9. The summed E-state index contributed by atoms with van der Waals surface area (Å²) in [5.74, 6) is 0. The second-order valence-corrected chi connectivity index (χ2v) is 4.73. The van der Waals surface area contributed by atoms with Gasteiger partial charge in [0.05, 0.1) is 11.6 Å². The van der Waals surface area contributed by atoms with Gasteiger partial charge in [0.25, 0.3) is 5.56 Å². The van der Waals surface area contributed by atoms with Crippen LogP contribution in [0.15, 0.2) is 35.3 Å². The number of nitrogens with zero attached hydrogens (tertiary/aromatic N) is 2. The molecule has 0 aliphatic heterocycles. The van der Waals surface area contributed by atoms with Crippen molar-refractivity contribution in [3.63, 3.8) is 0 Å². The Balaban J connectivity index is 2.51. The zero-order valence-electron chi connectivity index (χ0n) is 9.79. The second kappa shape index (κ2) is 5.46. The van der Waals surface area contributed by atoms with Gasteiger partial charge in [0, 0.05) is 17.8 Å². The smallest absolute Gasteiger partial charge is 0.300 e. The van der Waals surface area contributed by atoms with Crippen LogP contribution in [0.2, 0.25) is 10.2 Å². The topological polar surface area (TPSA) is 34.9 Å². The zero-order chi connectivity index (χ0) is 14.9. The molecule has 0 saturated carbocycles. The molecule has 2 heterocycles. The van der Waals surface area contributed by atoms with Crippen molar-refractivity contribution in [2.45, 2.75) is 12.7 Å². The minimum atomic E-state index is -4.63. The van der Waals surface area contributed by atoms with E-state index in [1.165, 1.54) is 12.3 Å². The van der Waals surface area contributed by atoms with E-state index in [4.69, 9.17) is 23.2 Å². The molecular weight excluding hydrogens is 316 g/mol. The van der Waals surface area contributed by atoms with Gasteiger partial charge in [0.1, 0.15) is 10.8 Å². The standard InChI is InChI=1S/C12H7Cl2F3N2O/c13-8-4-10(14)18-5-7(8)6-19-9(12(15,16)17)2-1-3-11(19)20/h1-5H,6H2. The van der Waals surface area contributed by atoms with Crippen LogP contribution in [0.5, 0.6) is 0 Å². The molecule has 2 aromatic rings. The lowest BCUT2D eigenvalue weighted by atomic mass is 10.2. The third-order valence-corrected chi connectivity index (χ3v) is 3.12. The molecule has 3 nitrogen and oxygen atoms in total. The number of aromatic nitrogens is 2. The Bertz CT molecular complexity index is 698. The van der Waals surface area contributed by atoms with Crippen molar-refractivity contribution in [1.82, 2.24) is 9.55 Å². The van der Waals surface area contributed by atoms with Gasteiger partial charge >= 0.3 is 6.18 Å². The minimum absolute atomic E-state index is 0.121. The van der Waals surface area contributed by atoms with Crippen LogP contribution in [0.25, 0.3) is 0 Å². The van der Waals surface area contributed by atoms with Gasteiger partial charge in [-0.3, -0.25) is 9.36 Å². The average Bonchev–Trinajstić information content (AvgIpc) is 2.33. The highest BCUT2D eigenvalue weighted by atomic mass is 35.5. The van der Waals surface area contributed by atoms with Crippen LogP contribution in [0.4, 0.5) is 13.2 Å². The Hall–Kier alpha value is -1.53. The van der Waals surface area contributed by atoms with E-state index in [0.717, 1.165) is 18.2 Å². The molecular formula is C12H7Cl2F3N2O. The van der Waals surface area contributed by atoms with Crippen LogP contribution in [-0.2, 0) is 12.7 Å². The monoisotopic (exact) mass is 322 g/mol. The normalized spacial score (nSPS) is 11.7. The fourth-order valence-corrected chi connectivity index (χ4v) is 2.08. The maximum atomic E-state index is 12.9. The van der Waals surface area contributed by atoms with Gasteiger partial charge < -0.3 is 0 Å². The minimum Gasteiger partial charge on any atom is -0.300 e. The molecule has 8 heteroatoms. The zero-order valence-corrected chi connectivity index (χ0v) is 11.3. The van der Waals surface area contributed by atoms with E-state index in [0.29, 0.717) is 4.57 Å². The molecule has 0 aliphatic rings. The number of rotatable bonds is 2. The van der Waals surface area contributed by atoms with Crippen LogP contribution >= 0.6 is 23.2 Å². The Labute approximate surface area is 121 Å². The molecule has 0 unspecified atom stereocenters. The molecule has 0 atom stereocenters. The van der Waals surface area contributed by atoms with E-state index in [-0.39, 0.29) is 22.3 Å². The molecule has 0 fully saturated rings. The Morgan fingerprint density at radius 3 is 2.55 bits per heavy atom. The summed E-state index contributed by atoms with van der Waals surface area (Å²) in [5, 5.41) is 0.268. The molecule has 20 heavy (non-hydrogen) atoms. The molecule has 0 saturated heterocycles. The molecule has 2 aromatic heterocycles. The van der Waals surface area contributed by atoms with Gasteiger partial charge in [-0.2, -0.15) is 13.2 Å². The van der Waals surface area contributed by atoms with Crippen LogP contribution in [0.3, 0.4) is 0 Å². The predicted octanol–water partition coefficient (Wildman–Crippen LogP) is 3.62. The Kier molecular flexibility index (Phi) is 4.06. The summed E-state index contributed by atoms with van der Waals surface area (Å²) in [6, 6.07) is 4.24. The number of hydrogen-bond acceptors (Lipinski definition) is 2. The molecule has 106 valence electrons. The summed E-state index contributed by atoms with van der Waals surface area (Å²) in [6.07, 6.45) is -3.39. The van der Waals surface area contributed by atoms with Crippen molar-refractivity contribution in [2.75, 3.05) is 0 Å². The van der Waals surface area contributed by atoms with E-state index in [1.54, 1.807) is 0 Å². The van der Waals surface area contributed by atoms with Crippen LogP contribution in [0.1, 0.15) is 11.3 Å². The summed E-state index contributed by atoms with van der Waals surface area (Å²) < 4.78 is 39.2. The van der Waals surface area contributed by atoms with Crippen molar-refractivity contribution >= 4 is 23.2 Å². The number of alkyl halides is 3. The first kappa shape index (κ1) is 14.9. The quantitative estimate of drug-likeness (QED) is 0.791. The highest BCUT2D eigenvalue weighted by molar-refractivity contribution is 6.34. The molecule has 0 aliphatic carbocycles. The molecule has 0 aromatic carbocycles. The van der Waals surface area contributed by atoms with E-state index >= 15 is 0 Å². The van der Waals surface area contributed by atoms with Crippen LogP contribution in [0, 0.1) is 0 Å². The fraction of sp³-hybridized carbons (Fsp3) is 0.167. The summed E-state index contributed by atoms with van der Waals surface area (Å²) in [5.41, 5.74) is -1.54. The van der Waals surface area contributed by atoms with Gasteiger partial charge in [-0.15, -0.1) is 0 Å². The van der Waals surface area contributed by atoms with Gasteiger partial charge in [0.2, 0.25) is 0 Å². The molecule has 0 N–H and O–H groups in total. The molecule has 0 amide bonds. The van der Waals surface area contributed by atoms with Crippen molar-refractivity contribution in [3.8, 4) is 0 Å². The third-order valence-electron chi connectivity index (χ3n) is 2.56. The lowest BCUT2D eigenvalue weighted by molar-refractivity contribution is -0.144. The molecule has 0 radical (unpaired) electrons. The third kappa shape index (κ3) is 3.13. The summed E-state index contributed by atoms with van der Waals surface area (Å²) in [7, 11) is 0. The van der Waals surface area contributed by atoms with Crippen molar-refractivity contribution in [3.05, 3.63) is 62.2 Å². The summed E-state index contributed by atoms with van der Waals surface area (Å²) in [6.45, 7) is -0.336.